The first kappa shape index (κ1) is 20.8. The minimum Gasteiger partial charge on any atom is -0.357 e. The number of amides is 2. The average Bonchev–Trinajstić information content (AvgIpc) is 3.35. The number of likely N-dealkylation sites (N-methyl/N-ethyl adjacent to an activating group) is 1. The molecule has 4 unspecified atom stereocenters. The van der Waals surface area contributed by atoms with Crippen LogP contribution >= 0.6 is 0 Å². The zero-order chi connectivity index (χ0) is 20.1. The van der Waals surface area contributed by atoms with Gasteiger partial charge in [0.05, 0.1) is 18.4 Å². The lowest BCUT2D eigenvalue weighted by atomic mass is 9.85. The molecule has 0 radical (unpaired) electrons. The first-order valence-corrected chi connectivity index (χ1v) is 10.8. The maximum absolute atomic E-state index is 12.7. The molecule has 3 rings (SSSR count). The van der Waals surface area contributed by atoms with E-state index in [1.807, 2.05) is 6.92 Å². The number of nitrogens with zero attached hydrogens (tertiary/aromatic N) is 3. The first-order valence-electron chi connectivity index (χ1n) is 10.8. The number of guanidine groups is 1. The number of unbranched alkanes of at least 4 members (excludes halogenated alkanes) is 1. The highest BCUT2D eigenvalue weighted by Crippen LogP contribution is 2.52. The van der Waals surface area contributed by atoms with Crippen LogP contribution in [0.4, 0.5) is 0 Å². The molecule has 0 aromatic carbocycles. The number of imide groups is 1. The number of carbonyl (C=O) groups excluding carboxylic acids is 2. The Labute approximate surface area is 168 Å². The Kier molecular flexibility index (Phi) is 7.10. The van der Waals surface area contributed by atoms with Crippen molar-refractivity contribution < 1.29 is 9.59 Å². The summed E-state index contributed by atoms with van der Waals surface area (Å²) >= 11 is 0. The van der Waals surface area contributed by atoms with Gasteiger partial charge in [0.25, 0.3) is 0 Å². The van der Waals surface area contributed by atoms with Crippen LogP contribution < -0.4 is 10.6 Å². The minimum atomic E-state index is -0.108. The van der Waals surface area contributed by atoms with E-state index in [1.54, 1.807) is 0 Å². The van der Waals surface area contributed by atoms with Gasteiger partial charge in [0.1, 0.15) is 0 Å². The quantitative estimate of drug-likeness (QED) is 0.253. The summed E-state index contributed by atoms with van der Waals surface area (Å²) in [6, 6.07) is 0. The van der Waals surface area contributed by atoms with E-state index in [9.17, 15) is 9.59 Å². The lowest BCUT2D eigenvalue weighted by Crippen LogP contribution is -2.44. The van der Waals surface area contributed by atoms with Gasteiger partial charge in [-0.2, -0.15) is 0 Å². The molecule has 0 aromatic heterocycles. The second-order valence-electron chi connectivity index (χ2n) is 8.17. The van der Waals surface area contributed by atoms with Crippen molar-refractivity contribution in [3.05, 3.63) is 12.2 Å². The fraction of sp³-hybridized carbons (Fsp3) is 0.762. The predicted octanol–water partition coefficient (Wildman–Crippen LogP) is 1.08. The average molecular weight is 390 g/mol. The van der Waals surface area contributed by atoms with Crippen LogP contribution in [0.15, 0.2) is 17.1 Å². The fourth-order valence-corrected chi connectivity index (χ4v) is 4.68. The molecule has 4 atom stereocenters. The van der Waals surface area contributed by atoms with Gasteiger partial charge in [-0.05, 0) is 45.2 Å². The molecule has 2 N–H and O–H groups in total. The van der Waals surface area contributed by atoms with Crippen LogP contribution in [0, 0.1) is 23.7 Å². The van der Waals surface area contributed by atoms with E-state index in [0.717, 1.165) is 38.6 Å². The van der Waals surface area contributed by atoms with Crippen LogP contribution in [-0.4, -0.2) is 73.9 Å². The number of fused-ring (bicyclic) bond motifs is 5. The van der Waals surface area contributed by atoms with Crippen LogP contribution in [0.5, 0.6) is 0 Å². The number of aliphatic imine (C=N–C) groups is 1. The molecule has 7 nitrogen and oxygen atoms in total. The molecule has 0 aromatic rings. The lowest BCUT2D eigenvalue weighted by Gasteiger charge is -2.19. The molecule has 7 heteroatoms. The molecule has 1 saturated carbocycles. The Balaban J connectivity index is 1.45. The van der Waals surface area contributed by atoms with Crippen molar-refractivity contribution in [1.29, 1.82) is 0 Å². The molecule has 156 valence electrons. The minimum absolute atomic E-state index is 0.0214. The molecule has 3 aliphatic rings. The van der Waals surface area contributed by atoms with E-state index in [4.69, 9.17) is 0 Å². The maximum Gasteiger partial charge on any atom is 0.233 e. The van der Waals surface area contributed by atoms with Crippen molar-refractivity contribution in [2.75, 3.05) is 46.3 Å². The summed E-state index contributed by atoms with van der Waals surface area (Å²) in [5, 5.41) is 6.50. The molecular formula is C21H35N5O2. The van der Waals surface area contributed by atoms with Crippen molar-refractivity contribution in [3.63, 3.8) is 0 Å². The molecule has 1 heterocycles. The van der Waals surface area contributed by atoms with E-state index in [2.05, 4.69) is 46.6 Å². The third-order valence-corrected chi connectivity index (χ3v) is 6.18. The molecule has 1 aliphatic heterocycles. The second-order valence-corrected chi connectivity index (χ2v) is 8.17. The van der Waals surface area contributed by atoms with Crippen molar-refractivity contribution in [2.45, 2.75) is 33.1 Å². The van der Waals surface area contributed by atoms with E-state index in [-0.39, 0.29) is 35.5 Å². The second kappa shape index (κ2) is 9.54. The van der Waals surface area contributed by atoms with E-state index < -0.39 is 0 Å². The number of nitrogens with one attached hydrogen (secondary N) is 2. The molecule has 2 bridgehead atoms. The van der Waals surface area contributed by atoms with Crippen LogP contribution in [0.2, 0.25) is 0 Å². The number of allylic oxidation sites excluding steroid dienone is 2. The van der Waals surface area contributed by atoms with Crippen molar-refractivity contribution in [2.24, 2.45) is 28.7 Å². The largest absolute Gasteiger partial charge is 0.357 e. The van der Waals surface area contributed by atoms with Crippen LogP contribution in [0.25, 0.3) is 0 Å². The first-order chi connectivity index (χ1) is 13.6. The number of hydrogen-bond acceptors (Lipinski definition) is 4. The summed E-state index contributed by atoms with van der Waals surface area (Å²) in [6.45, 7) is 8.66. The number of hydrogen-bond donors (Lipinski definition) is 2. The highest BCUT2D eigenvalue weighted by Gasteiger charge is 2.58. The zero-order valence-corrected chi connectivity index (χ0v) is 17.5. The molecule has 1 saturated heterocycles. The third kappa shape index (κ3) is 4.40. The highest BCUT2D eigenvalue weighted by molar-refractivity contribution is 6.06. The number of rotatable bonds is 10. The van der Waals surface area contributed by atoms with Gasteiger partial charge in [0.15, 0.2) is 5.96 Å². The molecule has 2 amide bonds. The molecule has 2 aliphatic carbocycles. The van der Waals surface area contributed by atoms with Gasteiger partial charge in [-0.25, -0.2) is 0 Å². The molecule has 0 spiro atoms. The van der Waals surface area contributed by atoms with Crippen molar-refractivity contribution in [1.82, 2.24) is 20.4 Å². The Morgan fingerprint density at radius 1 is 1.14 bits per heavy atom. The molecule has 2 fully saturated rings. The van der Waals surface area contributed by atoms with E-state index >= 15 is 0 Å². The topological polar surface area (TPSA) is 77.0 Å². The molecular weight excluding hydrogens is 354 g/mol. The summed E-state index contributed by atoms with van der Waals surface area (Å²) in [5.41, 5.74) is 0. The highest BCUT2D eigenvalue weighted by atomic mass is 16.2. The summed E-state index contributed by atoms with van der Waals surface area (Å²) in [4.78, 5) is 33.8. The van der Waals surface area contributed by atoms with Gasteiger partial charge in [-0.3, -0.25) is 19.5 Å². The van der Waals surface area contributed by atoms with Crippen LogP contribution in [0.3, 0.4) is 0 Å². The van der Waals surface area contributed by atoms with Gasteiger partial charge in [-0.1, -0.05) is 25.5 Å². The number of likely N-dealkylation sites (tertiary alicyclic amines) is 1. The standard InChI is InChI=1S/C21H35N5O2/c1-4-6-11-25(3)12-9-23-21(22-5-2)24-10-13-26-19(27)17-15-7-8-16(14-15)18(17)20(26)28/h7-8,15-18H,4-6,9-14H2,1-3H3,(H2,22,23,24). The normalized spacial score (nSPS) is 28.6. The van der Waals surface area contributed by atoms with Gasteiger partial charge < -0.3 is 15.5 Å². The molecule has 28 heavy (non-hydrogen) atoms. The summed E-state index contributed by atoms with van der Waals surface area (Å²) < 4.78 is 0. The summed E-state index contributed by atoms with van der Waals surface area (Å²) in [6.07, 6.45) is 7.64. The maximum atomic E-state index is 12.7. The zero-order valence-electron chi connectivity index (χ0n) is 17.5. The van der Waals surface area contributed by atoms with Gasteiger partial charge in [0, 0.05) is 26.2 Å². The monoisotopic (exact) mass is 389 g/mol. The van der Waals surface area contributed by atoms with Crippen LogP contribution in [-0.2, 0) is 9.59 Å². The van der Waals surface area contributed by atoms with Gasteiger partial charge in [0.2, 0.25) is 11.8 Å². The third-order valence-electron chi connectivity index (χ3n) is 6.18. The van der Waals surface area contributed by atoms with E-state index in [1.165, 1.54) is 17.7 Å². The number of carbonyl (C=O) groups is 2. The van der Waals surface area contributed by atoms with E-state index in [0.29, 0.717) is 13.1 Å². The smallest absolute Gasteiger partial charge is 0.233 e. The SMILES string of the molecule is CCCCN(C)CCN=C(NCC)NCCN1C(=O)C2C3C=CC(C3)C2C1=O. The Morgan fingerprint density at radius 3 is 2.43 bits per heavy atom. The van der Waals surface area contributed by atoms with Crippen molar-refractivity contribution >= 4 is 17.8 Å². The summed E-state index contributed by atoms with van der Waals surface area (Å²) in [7, 11) is 2.12. The van der Waals surface area contributed by atoms with Gasteiger partial charge >= 0.3 is 0 Å². The van der Waals surface area contributed by atoms with Crippen molar-refractivity contribution in [3.8, 4) is 0 Å². The Hall–Kier alpha value is -1.89. The van der Waals surface area contributed by atoms with Gasteiger partial charge in [-0.15, -0.1) is 0 Å². The Morgan fingerprint density at radius 2 is 1.82 bits per heavy atom. The fourth-order valence-electron chi connectivity index (χ4n) is 4.68. The lowest BCUT2D eigenvalue weighted by molar-refractivity contribution is -0.140. The summed E-state index contributed by atoms with van der Waals surface area (Å²) in [5.74, 6) is 1.11. The predicted molar refractivity (Wildman–Crippen MR) is 111 cm³/mol. The Bertz CT molecular complexity index is 602. The van der Waals surface area contributed by atoms with Crippen LogP contribution in [0.1, 0.15) is 33.1 Å².